The van der Waals surface area contributed by atoms with E-state index in [1.54, 1.807) is 31.2 Å². The van der Waals surface area contributed by atoms with Crippen LogP contribution >= 0.6 is 0 Å². The molecule has 45 heavy (non-hydrogen) atoms. The molecule has 3 aromatic rings. The predicted molar refractivity (Wildman–Crippen MR) is 168 cm³/mol. The number of hydrogen-bond donors (Lipinski definition) is 0. The second-order valence-electron chi connectivity index (χ2n) is 11.0. The summed E-state index contributed by atoms with van der Waals surface area (Å²) in [6, 6.07) is 25.1. The van der Waals surface area contributed by atoms with Gasteiger partial charge in [0.05, 0.1) is 26.7 Å². The van der Waals surface area contributed by atoms with Gasteiger partial charge in [0.1, 0.15) is 18.4 Å². The zero-order chi connectivity index (χ0) is 32.0. The van der Waals surface area contributed by atoms with Gasteiger partial charge in [0.25, 0.3) is 0 Å². The number of unbranched alkanes of at least 4 members (excludes halogenated alkanes) is 2. The van der Waals surface area contributed by atoms with Crippen molar-refractivity contribution in [3.63, 3.8) is 0 Å². The van der Waals surface area contributed by atoms with Crippen LogP contribution < -0.4 is 4.74 Å². The fraction of sp³-hybridized carbons (Fsp3) is 0.389. The Kier molecular flexibility index (Phi) is 12.5. The van der Waals surface area contributed by atoms with Gasteiger partial charge in [-0.2, -0.15) is 0 Å². The molecule has 0 aromatic heterocycles. The molecule has 1 aliphatic rings. The molecule has 0 bridgehead atoms. The molecule has 1 heterocycles. The van der Waals surface area contributed by atoms with Crippen molar-refractivity contribution in [3.05, 3.63) is 102 Å². The maximum Gasteiger partial charge on any atom is 0.410 e. The van der Waals surface area contributed by atoms with Crippen molar-refractivity contribution < 1.29 is 38.1 Å². The Balaban J connectivity index is 1.41. The first-order chi connectivity index (χ1) is 21.9. The second-order valence-corrected chi connectivity index (χ2v) is 11.0. The van der Waals surface area contributed by atoms with Crippen LogP contribution in [-0.4, -0.2) is 61.6 Å². The number of carbonyl (C=O) groups is 4. The van der Waals surface area contributed by atoms with Gasteiger partial charge in [0.15, 0.2) is 5.78 Å². The molecular weight excluding hydrogens is 574 g/mol. The minimum absolute atomic E-state index is 0.0134. The highest BCUT2D eigenvalue weighted by molar-refractivity contribution is 6.00. The van der Waals surface area contributed by atoms with E-state index >= 15 is 0 Å². The van der Waals surface area contributed by atoms with Gasteiger partial charge in [-0.1, -0.05) is 60.7 Å². The Bertz CT molecular complexity index is 1390. The number of likely N-dealkylation sites (tertiary alicyclic amines) is 1. The SMILES string of the molecule is CCOC(=O)[C@@H]1[C@@H](CC(=O)OC)[C@@H](C(=O)c2ccc(OCCCCCc3ccccc3)cc2)CN1C(=O)OCc1ccccc1. The molecule has 0 saturated carbocycles. The third-order valence-electron chi connectivity index (χ3n) is 7.95. The molecular formula is C36H41NO8. The Morgan fingerprint density at radius 3 is 2.11 bits per heavy atom. The Labute approximate surface area is 264 Å². The molecule has 9 nitrogen and oxygen atoms in total. The molecule has 238 valence electrons. The van der Waals surface area contributed by atoms with Crippen LogP contribution in [0.4, 0.5) is 4.79 Å². The largest absolute Gasteiger partial charge is 0.494 e. The zero-order valence-corrected chi connectivity index (χ0v) is 25.9. The topological polar surface area (TPSA) is 108 Å². The van der Waals surface area contributed by atoms with Gasteiger partial charge in [-0.15, -0.1) is 0 Å². The summed E-state index contributed by atoms with van der Waals surface area (Å²) in [5.41, 5.74) is 2.48. The molecule has 0 spiro atoms. The van der Waals surface area contributed by atoms with Gasteiger partial charge in [-0.25, -0.2) is 9.59 Å². The minimum atomic E-state index is -1.19. The molecule has 1 amide bonds. The monoisotopic (exact) mass is 615 g/mol. The highest BCUT2D eigenvalue weighted by Crippen LogP contribution is 2.37. The lowest BCUT2D eigenvalue weighted by Gasteiger charge is -2.25. The van der Waals surface area contributed by atoms with Gasteiger partial charge in [0, 0.05) is 23.9 Å². The number of methoxy groups -OCH3 is 1. The maximum atomic E-state index is 13.8. The van der Waals surface area contributed by atoms with E-state index in [1.165, 1.54) is 17.6 Å². The van der Waals surface area contributed by atoms with E-state index in [-0.39, 0.29) is 32.0 Å². The van der Waals surface area contributed by atoms with Crippen LogP contribution in [0.2, 0.25) is 0 Å². The molecule has 3 aromatic carbocycles. The van der Waals surface area contributed by atoms with E-state index in [9.17, 15) is 19.2 Å². The number of Topliss-reactive ketones (excluding diaryl/α,β-unsaturated/α-hetero) is 1. The van der Waals surface area contributed by atoms with E-state index in [4.69, 9.17) is 18.9 Å². The Morgan fingerprint density at radius 2 is 1.47 bits per heavy atom. The standard InChI is InChI=1S/C36H41NO8/c1-3-43-35(40)33-30(23-32(38)42-2)31(24-37(33)36(41)45-25-27-16-9-5-10-17-27)34(39)28-18-20-29(21-19-28)44-22-12-6-11-15-26-13-7-4-8-14-26/h4-5,7-10,13-14,16-21,30-31,33H,3,6,11-12,15,22-25H2,1-2H3/t30-,31-,33-/m0/s1. The lowest BCUT2D eigenvalue weighted by molar-refractivity contribution is -0.150. The number of rotatable bonds is 15. The van der Waals surface area contributed by atoms with Crippen LogP contribution in [0.5, 0.6) is 5.75 Å². The van der Waals surface area contributed by atoms with E-state index in [0.717, 1.165) is 31.2 Å². The predicted octanol–water partition coefficient (Wildman–Crippen LogP) is 6.04. The summed E-state index contributed by atoms with van der Waals surface area (Å²) in [6.07, 6.45) is 3.06. The molecule has 1 aliphatic heterocycles. The fourth-order valence-electron chi connectivity index (χ4n) is 5.61. The molecule has 3 atom stereocenters. The summed E-state index contributed by atoms with van der Waals surface area (Å²) in [4.78, 5) is 53.9. The first-order valence-corrected chi connectivity index (χ1v) is 15.4. The van der Waals surface area contributed by atoms with Gasteiger partial charge in [0.2, 0.25) is 0 Å². The summed E-state index contributed by atoms with van der Waals surface area (Å²) >= 11 is 0. The van der Waals surface area contributed by atoms with Gasteiger partial charge < -0.3 is 18.9 Å². The number of ketones is 1. The third-order valence-corrected chi connectivity index (χ3v) is 7.95. The van der Waals surface area contributed by atoms with Gasteiger partial charge in [-0.05, 0) is 68.0 Å². The minimum Gasteiger partial charge on any atom is -0.494 e. The number of carbonyl (C=O) groups excluding carboxylic acids is 4. The fourth-order valence-corrected chi connectivity index (χ4v) is 5.61. The highest BCUT2D eigenvalue weighted by atomic mass is 16.6. The molecule has 0 aliphatic carbocycles. The summed E-state index contributed by atoms with van der Waals surface area (Å²) in [5.74, 6) is -2.68. The van der Waals surface area contributed by atoms with Gasteiger partial charge in [-0.3, -0.25) is 14.5 Å². The van der Waals surface area contributed by atoms with E-state index in [2.05, 4.69) is 24.3 Å². The summed E-state index contributed by atoms with van der Waals surface area (Å²) in [6.45, 7) is 2.16. The Morgan fingerprint density at radius 1 is 0.800 bits per heavy atom. The quantitative estimate of drug-likeness (QED) is 0.0881. The zero-order valence-electron chi connectivity index (χ0n) is 25.9. The van der Waals surface area contributed by atoms with Crippen LogP contribution in [0.1, 0.15) is 54.1 Å². The Hall–Kier alpha value is -4.66. The van der Waals surface area contributed by atoms with Crippen molar-refractivity contribution in [1.29, 1.82) is 0 Å². The van der Waals surface area contributed by atoms with Crippen molar-refractivity contribution in [2.24, 2.45) is 11.8 Å². The van der Waals surface area contributed by atoms with Gasteiger partial charge >= 0.3 is 18.0 Å². The van der Waals surface area contributed by atoms with E-state index in [1.807, 2.05) is 36.4 Å². The van der Waals surface area contributed by atoms with Crippen LogP contribution in [0, 0.1) is 11.8 Å². The van der Waals surface area contributed by atoms with E-state index in [0.29, 0.717) is 17.9 Å². The number of hydrogen-bond acceptors (Lipinski definition) is 8. The molecule has 4 rings (SSSR count). The molecule has 0 N–H and O–H groups in total. The molecule has 0 unspecified atom stereocenters. The number of benzene rings is 3. The highest BCUT2D eigenvalue weighted by Gasteiger charge is 2.52. The number of aryl methyl sites for hydroxylation is 1. The third kappa shape index (κ3) is 9.41. The smallest absolute Gasteiger partial charge is 0.410 e. The van der Waals surface area contributed by atoms with Crippen molar-refractivity contribution in [3.8, 4) is 5.75 Å². The second kappa shape index (κ2) is 17.0. The molecule has 1 fully saturated rings. The number of nitrogens with zero attached hydrogens (tertiary/aromatic N) is 1. The molecule has 0 radical (unpaired) electrons. The first-order valence-electron chi connectivity index (χ1n) is 15.4. The average Bonchev–Trinajstić information content (AvgIpc) is 3.45. The molecule has 1 saturated heterocycles. The average molecular weight is 616 g/mol. The summed E-state index contributed by atoms with van der Waals surface area (Å²) in [5, 5.41) is 0. The van der Waals surface area contributed by atoms with Crippen molar-refractivity contribution >= 4 is 23.8 Å². The summed E-state index contributed by atoms with van der Waals surface area (Å²) in [7, 11) is 1.24. The van der Waals surface area contributed by atoms with Crippen LogP contribution in [0.15, 0.2) is 84.9 Å². The van der Waals surface area contributed by atoms with Crippen LogP contribution in [0.25, 0.3) is 0 Å². The van der Waals surface area contributed by atoms with Crippen molar-refractivity contribution in [2.45, 2.75) is 51.7 Å². The number of esters is 2. The first kappa shape index (κ1) is 33.2. The molecule has 9 heteroatoms. The maximum absolute atomic E-state index is 13.8. The normalized spacial score (nSPS) is 17.4. The lowest BCUT2D eigenvalue weighted by Crippen LogP contribution is -2.45. The van der Waals surface area contributed by atoms with E-state index < -0.39 is 35.9 Å². The number of ether oxygens (including phenoxy) is 4. The number of amides is 1. The van der Waals surface area contributed by atoms with Crippen molar-refractivity contribution in [1.82, 2.24) is 4.90 Å². The lowest BCUT2D eigenvalue weighted by atomic mass is 9.82. The van der Waals surface area contributed by atoms with Crippen LogP contribution in [-0.2, 0) is 36.8 Å². The van der Waals surface area contributed by atoms with Crippen LogP contribution in [0.3, 0.4) is 0 Å². The summed E-state index contributed by atoms with van der Waals surface area (Å²) < 4.78 is 21.6. The van der Waals surface area contributed by atoms with Crippen molar-refractivity contribution in [2.75, 3.05) is 26.9 Å².